The maximum absolute atomic E-state index is 6.31. The Bertz CT molecular complexity index is 579. The average Bonchev–Trinajstić information content (AvgIpc) is 2.82. The van der Waals surface area contributed by atoms with Gasteiger partial charge in [-0.2, -0.15) is 0 Å². The zero-order chi connectivity index (χ0) is 13.4. The number of likely N-dealkylation sites (tertiary alicyclic amines) is 1. The molecule has 1 aromatic carbocycles. The van der Waals surface area contributed by atoms with Crippen molar-refractivity contribution in [1.82, 2.24) is 4.90 Å². The van der Waals surface area contributed by atoms with Crippen LogP contribution in [0.1, 0.15) is 17.9 Å². The lowest BCUT2D eigenvalue weighted by Crippen LogP contribution is -2.45. The second-order valence-corrected chi connectivity index (χ2v) is 5.35. The van der Waals surface area contributed by atoms with Crippen molar-refractivity contribution in [3.8, 4) is 5.75 Å². The molecule has 2 aromatic rings. The van der Waals surface area contributed by atoms with Gasteiger partial charge in [0, 0.05) is 29.5 Å². The monoisotopic (exact) mass is 260 g/mol. The molecule has 4 nitrogen and oxygen atoms in total. The molecule has 1 aliphatic rings. The van der Waals surface area contributed by atoms with E-state index in [0.717, 1.165) is 36.2 Å². The number of hydrogen-bond acceptors (Lipinski definition) is 4. The third kappa shape index (κ3) is 2.11. The SMILES string of the molecule is COc1cccc2c(C3CCN(C)CC3N)coc12. The Kier molecular flexibility index (Phi) is 3.21. The van der Waals surface area contributed by atoms with Crippen LogP contribution in [0.4, 0.5) is 0 Å². The summed E-state index contributed by atoms with van der Waals surface area (Å²) in [5.74, 6) is 1.15. The number of benzene rings is 1. The third-order valence-electron chi connectivity index (χ3n) is 4.07. The molecule has 1 saturated heterocycles. The van der Waals surface area contributed by atoms with Crippen LogP contribution in [-0.4, -0.2) is 38.2 Å². The first kappa shape index (κ1) is 12.5. The van der Waals surface area contributed by atoms with E-state index in [1.54, 1.807) is 7.11 Å². The Labute approximate surface area is 113 Å². The molecule has 2 atom stereocenters. The number of furan rings is 1. The molecule has 1 aliphatic heterocycles. The van der Waals surface area contributed by atoms with Crippen LogP contribution in [0.3, 0.4) is 0 Å². The standard InChI is InChI=1S/C15H20N2O2/c1-17-7-6-10(13(16)8-17)12-9-19-15-11(12)4-3-5-14(15)18-2/h3-5,9-10,13H,6-8,16H2,1-2H3. The van der Waals surface area contributed by atoms with Crippen molar-refractivity contribution >= 4 is 11.0 Å². The summed E-state index contributed by atoms with van der Waals surface area (Å²) in [4.78, 5) is 2.28. The van der Waals surface area contributed by atoms with Crippen LogP contribution in [0.5, 0.6) is 5.75 Å². The van der Waals surface area contributed by atoms with Gasteiger partial charge in [-0.1, -0.05) is 12.1 Å². The highest BCUT2D eigenvalue weighted by molar-refractivity contribution is 5.86. The van der Waals surface area contributed by atoms with Crippen LogP contribution < -0.4 is 10.5 Å². The fourth-order valence-electron chi connectivity index (χ4n) is 3.04. The minimum atomic E-state index is 0.158. The van der Waals surface area contributed by atoms with Gasteiger partial charge >= 0.3 is 0 Å². The van der Waals surface area contributed by atoms with Crippen LogP contribution in [0.25, 0.3) is 11.0 Å². The van der Waals surface area contributed by atoms with Crippen molar-refractivity contribution in [2.75, 3.05) is 27.2 Å². The molecule has 0 saturated carbocycles. The van der Waals surface area contributed by atoms with E-state index in [-0.39, 0.29) is 6.04 Å². The van der Waals surface area contributed by atoms with Crippen LogP contribution in [0.2, 0.25) is 0 Å². The number of para-hydroxylation sites is 1. The maximum Gasteiger partial charge on any atom is 0.175 e. The number of ether oxygens (including phenoxy) is 1. The van der Waals surface area contributed by atoms with Crippen LogP contribution >= 0.6 is 0 Å². The van der Waals surface area contributed by atoms with Gasteiger partial charge < -0.3 is 19.8 Å². The Hall–Kier alpha value is -1.52. The summed E-state index contributed by atoms with van der Waals surface area (Å²) < 4.78 is 11.0. The third-order valence-corrected chi connectivity index (χ3v) is 4.07. The summed E-state index contributed by atoms with van der Waals surface area (Å²) in [6.07, 6.45) is 2.92. The van der Waals surface area contributed by atoms with Crippen molar-refractivity contribution in [3.05, 3.63) is 30.0 Å². The summed E-state index contributed by atoms with van der Waals surface area (Å²) in [5.41, 5.74) is 8.35. The van der Waals surface area contributed by atoms with Gasteiger partial charge in [0.15, 0.2) is 11.3 Å². The molecule has 0 aliphatic carbocycles. The highest BCUT2D eigenvalue weighted by Gasteiger charge is 2.28. The largest absolute Gasteiger partial charge is 0.493 e. The van der Waals surface area contributed by atoms with E-state index in [9.17, 15) is 0 Å². The van der Waals surface area contributed by atoms with Crippen molar-refractivity contribution in [1.29, 1.82) is 0 Å². The average molecular weight is 260 g/mol. The molecule has 2 N–H and O–H groups in total. The van der Waals surface area contributed by atoms with Gasteiger partial charge in [-0.15, -0.1) is 0 Å². The molecule has 0 spiro atoms. The molecule has 2 unspecified atom stereocenters. The highest BCUT2D eigenvalue weighted by Crippen LogP contribution is 2.36. The molecule has 2 heterocycles. The molecule has 1 aromatic heterocycles. The van der Waals surface area contributed by atoms with E-state index in [1.165, 1.54) is 5.56 Å². The van der Waals surface area contributed by atoms with Gasteiger partial charge in [-0.25, -0.2) is 0 Å². The van der Waals surface area contributed by atoms with E-state index in [1.807, 2.05) is 18.4 Å². The predicted molar refractivity (Wildman–Crippen MR) is 75.6 cm³/mol. The number of hydrogen-bond donors (Lipinski definition) is 1. The van der Waals surface area contributed by atoms with Gasteiger partial charge in [0.1, 0.15) is 0 Å². The van der Waals surface area contributed by atoms with Crippen molar-refractivity contribution in [2.45, 2.75) is 18.4 Å². The molecular weight excluding hydrogens is 240 g/mol. The van der Waals surface area contributed by atoms with Gasteiger partial charge in [0.05, 0.1) is 13.4 Å². The molecule has 0 radical (unpaired) electrons. The lowest BCUT2D eigenvalue weighted by Gasteiger charge is -2.34. The molecular formula is C15H20N2O2. The zero-order valence-corrected chi connectivity index (χ0v) is 11.4. The fourth-order valence-corrected chi connectivity index (χ4v) is 3.04. The minimum absolute atomic E-state index is 0.158. The number of likely N-dealkylation sites (N-methyl/N-ethyl adjacent to an activating group) is 1. The first-order valence-electron chi connectivity index (χ1n) is 6.69. The number of methoxy groups -OCH3 is 1. The lowest BCUT2D eigenvalue weighted by molar-refractivity contribution is 0.228. The molecule has 4 heteroatoms. The summed E-state index contributed by atoms with van der Waals surface area (Å²) in [7, 11) is 3.78. The van der Waals surface area contributed by atoms with Crippen LogP contribution in [-0.2, 0) is 0 Å². The van der Waals surface area contributed by atoms with E-state index in [0.29, 0.717) is 5.92 Å². The van der Waals surface area contributed by atoms with Gasteiger partial charge in [-0.05, 0) is 26.1 Å². The Morgan fingerprint density at radius 2 is 2.26 bits per heavy atom. The molecule has 19 heavy (non-hydrogen) atoms. The predicted octanol–water partition coefficient (Wildman–Crippen LogP) is 2.19. The number of nitrogens with two attached hydrogens (primary N) is 1. The Morgan fingerprint density at radius 1 is 1.42 bits per heavy atom. The van der Waals surface area contributed by atoms with Crippen LogP contribution in [0, 0.1) is 0 Å². The molecule has 0 bridgehead atoms. The quantitative estimate of drug-likeness (QED) is 0.899. The fraction of sp³-hybridized carbons (Fsp3) is 0.467. The van der Waals surface area contributed by atoms with E-state index in [2.05, 4.69) is 18.0 Å². The lowest BCUT2D eigenvalue weighted by atomic mass is 9.86. The smallest absolute Gasteiger partial charge is 0.175 e. The Balaban J connectivity index is 2.01. The number of piperidine rings is 1. The summed E-state index contributed by atoms with van der Waals surface area (Å²) in [6.45, 7) is 2.01. The van der Waals surface area contributed by atoms with E-state index >= 15 is 0 Å². The van der Waals surface area contributed by atoms with E-state index in [4.69, 9.17) is 14.9 Å². The number of fused-ring (bicyclic) bond motifs is 1. The van der Waals surface area contributed by atoms with Crippen molar-refractivity contribution < 1.29 is 9.15 Å². The Morgan fingerprint density at radius 3 is 3.00 bits per heavy atom. The normalized spacial score (nSPS) is 24.8. The van der Waals surface area contributed by atoms with Crippen molar-refractivity contribution in [3.63, 3.8) is 0 Å². The van der Waals surface area contributed by atoms with Gasteiger partial charge in [-0.3, -0.25) is 0 Å². The summed E-state index contributed by atoms with van der Waals surface area (Å²) in [5, 5.41) is 1.13. The molecule has 1 fully saturated rings. The van der Waals surface area contributed by atoms with Gasteiger partial charge in [0.2, 0.25) is 0 Å². The maximum atomic E-state index is 6.31. The van der Waals surface area contributed by atoms with Crippen LogP contribution in [0.15, 0.2) is 28.9 Å². The zero-order valence-electron chi connectivity index (χ0n) is 11.4. The molecule has 102 valence electrons. The summed E-state index contributed by atoms with van der Waals surface area (Å²) in [6, 6.07) is 6.16. The first-order chi connectivity index (χ1) is 9.20. The minimum Gasteiger partial charge on any atom is -0.493 e. The second kappa shape index (κ2) is 4.87. The summed E-state index contributed by atoms with van der Waals surface area (Å²) >= 11 is 0. The van der Waals surface area contributed by atoms with Gasteiger partial charge in [0.25, 0.3) is 0 Å². The topological polar surface area (TPSA) is 51.6 Å². The second-order valence-electron chi connectivity index (χ2n) is 5.35. The number of rotatable bonds is 2. The number of nitrogens with zero attached hydrogens (tertiary/aromatic N) is 1. The molecule has 0 amide bonds. The first-order valence-corrected chi connectivity index (χ1v) is 6.69. The molecule has 3 rings (SSSR count). The van der Waals surface area contributed by atoms with Crippen molar-refractivity contribution in [2.24, 2.45) is 5.73 Å². The van der Waals surface area contributed by atoms with E-state index < -0.39 is 0 Å². The highest BCUT2D eigenvalue weighted by atomic mass is 16.5.